The molecule has 0 aliphatic heterocycles. The van der Waals surface area contributed by atoms with Gasteiger partial charge in [0.15, 0.2) is 0 Å². The van der Waals surface area contributed by atoms with Crippen LogP contribution in [0.1, 0.15) is 0 Å². The molecule has 0 aliphatic carbocycles. The van der Waals surface area contributed by atoms with Crippen molar-refractivity contribution in [1.29, 1.82) is 0 Å². The number of halogens is 1. The number of nitrogens with one attached hydrogen (secondary N) is 2. The number of hydrogen-bond acceptors (Lipinski definition) is 9. The molecule has 208 valence electrons. The molecule has 2 heterocycles. The topological polar surface area (TPSA) is 145 Å². The second-order valence-corrected chi connectivity index (χ2v) is 10.1. The molecule has 14 heteroatoms. The van der Waals surface area contributed by atoms with Gasteiger partial charge in [0, 0.05) is 37.3 Å². The summed E-state index contributed by atoms with van der Waals surface area (Å²) in [6.45, 7) is 0. The second-order valence-electron chi connectivity index (χ2n) is 8.03. The maximum Gasteiger partial charge on any atom is 0.327 e. The summed E-state index contributed by atoms with van der Waals surface area (Å²) in [5.74, 6) is 1.44. The van der Waals surface area contributed by atoms with Gasteiger partial charge in [0.2, 0.25) is 5.95 Å². The fourth-order valence-electron chi connectivity index (χ4n) is 3.71. The number of carbonyl (C=O) groups excluding carboxylic acids is 1. The third-order valence-corrected chi connectivity index (χ3v) is 7.27. The summed E-state index contributed by atoms with van der Waals surface area (Å²) in [5.41, 5.74) is 1.56. The van der Waals surface area contributed by atoms with E-state index in [1.807, 2.05) is 0 Å². The summed E-state index contributed by atoms with van der Waals surface area (Å²) in [6, 6.07) is 12.2. The average Bonchev–Trinajstić information content (AvgIpc) is 2.97. The lowest BCUT2D eigenvalue weighted by Crippen LogP contribution is -2.35. The zero-order chi connectivity index (χ0) is 28.9. The molecule has 2 aromatic heterocycles. The van der Waals surface area contributed by atoms with Crippen LogP contribution in [0.2, 0.25) is 5.02 Å². The van der Waals surface area contributed by atoms with E-state index in [0.29, 0.717) is 33.4 Å². The van der Waals surface area contributed by atoms with Crippen LogP contribution in [0.3, 0.4) is 0 Å². The van der Waals surface area contributed by atoms with Crippen molar-refractivity contribution in [2.45, 2.75) is 4.90 Å². The van der Waals surface area contributed by atoms with Crippen molar-refractivity contribution >= 4 is 45.1 Å². The Bertz CT molecular complexity index is 1600. The predicted molar refractivity (Wildman–Crippen MR) is 150 cm³/mol. The molecule has 2 N–H and O–H groups in total. The fourth-order valence-corrected chi connectivity index (χ4v) is 4.88. The smallest absolute Gasteiger partial charge is 0.327 e. The van der Waals surface area contributed by atoms with E-state index in [0.717, 1.165) is 6.20 Å². The molecule has 0 saturated carbocycles. The van der Waals surface area contributed by atoms with Crippen LogP contribution in [0.5, 0.6) is 17.2 Å². The fraction of sp³-hybridized carbons (Fsp3) is 0.154. The number of nitrogens with zero attached hydrogens (tertiary/aromatic N) is 4. The Balaban J connectivity index is 1.75. The van der Waals surface area contributed by atoms with Crippen molar-refractivity contribution in [3.05, 3.63) is 72.1 Å². The number of carbonyl (C=O) groups is 1. The highest BCUT2D eigenvalue weighted by atomic mass is 35.5. The molecule has 0 radical (unpaired) electrons. The van der Waals surface area contributed by atoms with Gasteiger partial charge in [-0.2, -0.15) is 0 Å². The Morgan fingerprint density at radius 2 is 1.60 bits per heavy atom. The SMILES string of the molecule is CNC(=O)N(c1ccc(S(=O)(=O)Nc2ncccn2)cn1)c1cc(Cl)c(-c2cc(OC)cc(OC)c2)cc1OC. The number of anilines is 3. The summed E-state index contributed by atoms with van der Waals surface area (Å²) in [7, 11) is 1.94. The molecule has 12 nitrogen and oxygen atoms in total. The summed E-state index contributed by atoms with van der Waals surface area (Å²) in [4.78, 5) is 26.0. The van der Waals surface area contributed by atoms with Crippen molar-refractivity contribution < 1.29 is 27.4 Å². The monoisotopic (exact) mass is 584 g/mol. The molecule has 0 bridgehead atoms. The van der Waals surface area contributed by atoms with Crippen molar-refractivity contribution in [3.8, 4) is 28.4 Å². The molecule has 40 heavy (non-hydrogen) atoms. The van der Waals surface area contributed by atoms with Gasteiger partial charge in [-0.25, -0.2) is 37.8 Å². The normalized spacial score (nSPS) is 10.9. The number of rotatable bonds is 9. The average molecular weight is 585 g/mol. The molecule has 0 spiro atoms. The van der Waals surface area contributed by atoms with Crippen LogP contribution in [-0.2, 0) is 10.0 Å². The molecular weight excluding hydrogens is 560 g/mol. The standard InChI is InChI=1S/C26H25ClN6O6S/c1-28-26(34)33(24-7-6-19(15-31-24)40(35,36)32-25-29-8-5-9-30-25)22-14-21(27)20(13-23(22)39-4)16-10-17(37-2)12-18(11-16)38-3/h5-15H,1-4H3,(H,28,34)(H,29,30,32). The van der Waals surface area contributed by atoms with Gasteiger partial charge in [0.1, 0.15) is 28.0 Å². The van der Waals surface area contributed by atoms with Crippen LogP contribution in [0.4, 0.5) is 22.2 Å². The summed E-state index contributed by atoms with van der Waals surface area (Å²) in [6.07, 6.45) is 3.92. The van der Waals surface area contributed by atoms with E-state index in [1.165, 1.54) is 43.6 Å². The van der Waals surface area contributed by atoms with Gasteiger partial charge in [0.25, 0.3) is 10.0 Å². The molecule has 2 amide bonds. The first-order chi connectivity index (χ1) is 19.2. The third kappa shape index (κ3) is 6.00. The van der Waals surface area contributed by atoms with E-state index in [-0.39, 0.29) is 22.3 Å². The number of ether oxygens (including phenoxy) is 3. The maximum absolute atomic E-state index is 13.0. The van der Waals surface area contributed by atoms with E-state index in [9.17, 15) is 13.2 Å². The number of aromatic nitrogens is 3. The minimum absolute atomic E-state index is 0.0910. The number of sulfonamides is 1. The lowest BCUT2D eigenvalue weighted by atomic mass is 10.0. The number of amides is 2. The molecule has 0 atom stereocenters. The highest BCUT2D eigenvalue weighted by Gasteiger charge is 2.25. The van der Waals surface area contributed by atoms with Crippen molar-refractivity contribution in [2.24, 2.45) is 0 Å². The third-order valence-electron chi connectivity index (χ3n) is 5.64. The summed E-state index contributed by atoms with van der Waals surface area (Å²) in [5, 5.41) is 2.85. The quantitative estimate of drug-likeness (QED) is 0.290. The van der Waals surface area contributed by atoms with Gasteiger partial charge in [-0.3, -0.25) is 0 Å². The Labute approximate surface area is 236 Å². The second kappa shape index (κ2) is 12.1. The van der Waals surface area contributed by atoms with Gasteiger partial charge in [-0.1, -0.05) is 11.6 Å². The largest absolute Gasteiger partial charge is 0.497 e. The Morgan fingerprint density at radius 3 is 2.15 bits per heavy atom. The Hall–Kier alpha value is -4.62. The number of urea groups is 1. The Kier molecular flexibility index (Phi) is 8.55. The minimum atomic E-state index is -4.04. The summed E-state index contributed by atoms with van der Waals surface area (Å²) < 4.78 is 44.2. The van der Waals surface area contributed by atoms with Gasteiger partial charge >= 0.3 is 6.03 Å². The van der Waals surface area contributed by atoms with Crippen LogP contribution < -0.4 is 29.1 Å². The highest BCUT2D eigenvalue weighted by molar-refractivity contribution is 7.92. The molecule has 0 fully saturated rings. The lowest BCUT2D eigenvalue weighted by Gasteiger charge is -2.24. The van der Waals surface area contributed by atoms with Crippen molar-refractivity contribution in [2.75, 3.05) is 38.0 Å². The van der Waals surface area contributed by atoms with Crippen molar-refractivity contribution in [3.63, 3.8) is 0 Å². The zero-order valence-electron chi connectivity index (χ0n) is 21.9. The van der Waals surface area contributed by atoms with Crippen LogP contribution >= 0.6 is 11.6 Å². The first kappa shape index (κ1) is 28.4. The highest BCUT2D eigenvalue weighted by Crippen LogP contribution is 2.42. The van der Waals surface area contributed by atoms with Crippen LogP contribution in [-0.4, -0.2) is 57.8 Å². The van der Waals surface area contributed by atoms with Crippen LogP contribution in [0.15, 0.2) is 72.0 Å². The van der Waals surface area contributed by atoms with Gasteiger partial charge in [-0.05, 0) is 48.0 Å². The van der Waals surface area contributed by atoms with E-state index in [2.05, 4.69) is 25.0 Å². The zero-order valence-corrected chi connectivity index (χ0v) is 23.4. The van der Waals surface area contributed by atoms with Gasteiger partial charge in [-0.15, -0.1) is 0 Å². The van der Waals surface area contributed by atoms with Crippen LogP contribution in [0.25, 0.3) is 11.1 Å². The molecule has 4 rings (SSSR count). The molecule has 4 aromatic rings. The van der Waals surface area contributed by atoms with Crippen LogP contribution in [0, 0.1) is 0 Å². The number of methoxy groups -OCH3 is 3. The van der Waals surface area contributed by atoms with E-state index in [1.54, 1.807) is 50.6 Å². The first-order valence-corrected chi connectivity index (χ1v) is 13.5. The number of benzene rings is 2. The molecule has 0 saturated heterocycles. The van der Waals surface area contributed by atoms with Gasteiger partial charge < -0.3 is 19.5 Å². The van der Waals surface area contributed by atoms with E-state index >= 15 is 0 Å². The Morgan fingerprint density at radius 1 is 0.925 bits per heavy atom. The molecule has 0 aliphatic rings. The first-order valence-electron chi connectivity index (χ1n) is 11.6. The predicted octanol–water partition coefficient (Wildman–Crippen LogP) is 4.50. The summed E-state index contributed by atoms with van der Waals surface area (Å²) >= 11 is 6.71. The van der Waals surface area contributed by atoms with E-state index < -0.39 is 16.1 Å². The molecular formula is C26H25ClN6O6S. The number of hydrogen-bond donors (Lipinski definition) is 2. The molecule has 2 aromatic carbocycles. The minimum Gasteiger partial charge on any atom is -0.497 e. The lowest BCUT2D eigenvalue weighted by molar-refractivity contribution is 0.250. The molecule has 0 unspecified atom stereocenters. The van der Waals surface area contributed by atoms with E-state index in [4.69, 9.17) is 25.8 Å². The van der Waals surface area contributed by atoms with Crippen molar-refractivity contribution in [1.82, 2.24) is 20.3 Å². The van der Waals surface area contributed by atoms with Gasteiger partial charge in [0.05, 0.1) is 32.0 Å². The maximum atomic E-state index is 13.0. The number of pyridine rings is 1.